The molecule has 5 nitrogen and oxygen atoms in total. The average molecular weight is 346 g/mol. The largest absolute Gasteiger partial charge is 0.497 e. The van der Waals surface area contributed by atoms with Crippen molar-refractivity contribution in [2.75, 3.05) is 18.6 Å². The van der Waals surface area contributed by atoms with Crippen LogP contribution in [0.4, 0.5) is 5.69 Å². The second kappa shape index (κ2) is 6.72. The Morgan fingerprint density at radius 1 is 1.23 bits per heavy atom. The lowest BCUT2D eigenvalue weighted by atomic mass is 10.1. The van der Waals surface area contributed by atoms with Crippen molar-refractivity contribution in [3.8, 4) is 11.8 Å². The van der Waals surface area contributed by atoms with Gasteiger partial charge in [0.1, 0.15) is 17.3 Å². The van der Waals surface area contributed by atoms with E-state index in [-0.39, 0.29) is 0 Å². The van der Waals surface area contributed by atoms with E-state index in [0.717, 1.165) is 28.8 Å². The maximum atomic E-state index is 9.47. The minimum Gasteiger partial charge on any atom is -0.497 e. The first-order valence-corrected chi connectivity index (χ1v) is 8.99. The van der Waals surface area contributed by atoms with Gasteiger partial charge in [0.25, 0.3) is 0 Å². The smallest absolute Gasteiger partial charge is 0.118 e. The van der Waals surface area contributed by atoms with Gasteiger partial charge >= 0.3 is 0 Å². The number of aromatic nitrogens is 2. The Hall–Kier alpha value is -3.00. The van der Waals surface area contributed by atoms with Crippen LogP contribution in [0.15, 0.2) is 42.6 Å². The third-order valence-corrected chi connectivity index (χ3v) is 5.19. The average Bonchev–Trinajstić information content (AvgIpc) is 3.27. The molecule has 0 spiro atoms. The molecule has 4 rings (SSSR count). The SMILES string of the molecule is COc1ccc(Cn2cc3c(N4CCCC4C)ccc(C#N)c3n2)cc1. The van der Waals surface area contributed by atoms with Gasteiger partial charge in [-0.1, -0.05) is 12.1 Å². The Bertz CT molecular complexity index is 968. The van der Waals surface area contributed by atoms with Crippen LogP contribution in [0, 0.1) is 11.3 Å². The highest BCUT2D eigenvalue weighted by molar-refractivity contribution is 5.95. The Kier molecular flexibility index (Phi) is 4.26. The molecule has 1 unspecified atom stereocenters. The molecular formula is C21H22N4O. The molecule has 0 amide bonds. The summed E-state index contributed by atoms with van der Waals surface area (Å²) < 4.78 is 7.14. The predicted octanol–water partition coefficient (Wildman–Crippen LogP) is 3.95. The molecule has 132 valence electrons. The predicted molar refractivity (Wildman–Crippen MR) is 103 cm³/mol. The molecule has 0 aliphatic carbocycles. The molecule has 26 heavy (non-hydrogen) atoms. The summed E-state index contributed by atoms with van der Waals surface area (Å²) in [7, 11) is 1.67. The van der Waals surface area contributed by atoms with Crippen LogP contribution in [0.2, 0.25) is 0 Å². The van der Waals surface area contributed by atoms with Gasteiger partial charge in [-0.15, -0.1) is 0 Å². The summed E-state index contributed by atoms with van der Waals surface area (Å²) >= 11 is 0. The summed E-state index contributed by atoms with van der Waals surface area (Å²) in [6, 6.07) is 14.8. The van der Waals surface area contributed by atoms with Gasteiger partial charge in [-0.2, -0.15) is 10.4 Å². The summed E-state index contributed by atoms with van der Waals surface area (Å²) in [6.07, 6.45) is 4.49. The molecule has 0 N–H and O–H groups in total. The maximum absolute atomic E-state index is 9.47. The zero-order valence-electron chi connectivity index (χ0n) is 15.1. The molecular weight excluding hydrogens is 324 g/mol. The molecule has 1 aromatic heterocycles. The van der Waals surface area contributed by atoms with Crippen molar-refractivity contribution < 1.29 is 4.74 Å². The van der Waals surface area contributed by atoms with E-state index in [1.807, 2.05) is 35.0 Å². The number of benzene rings is 2. The van der Waals surface area contributed by atoms with Gasteiger partial charge in [0.05, 0.1) is 19.2 Å². The van der Waals surface area contributed by atoms with Gasteiger partial charge in [-0.05, 0) is 49.6 Å². The Labute approximate surface area is 153 Å². The number of rotatable bonds is 4. The monoisotopic (exact) mass is 346 g/mol. The Morgan fingerprint density at radius 3 is 2.69 bits per heavy atom. The zero-order chi connectivity index (χ0) is 18.1. The van der Waals surface area contributed by atoms with Crippen LogP contribution in [0.5, 0.6) is 5.75 Å². The summed E-state index contributed by atoms with van der Waals surface area (Å²) in [5, 5.41) is 15.2. The molecule has 0 saturated carbocycles. The van der Waals surface area contributed by atoms with E-state index in [0.29, 0.717) is 18.2 Å². The first-order chi connectivity index (χ1) is 12.7. The number of hydrogen-bond acceptors (Lipinski definition) is 4. The van der Waals surface area contributed by atoms with Crippen LogP contribution < -0.4 is 9.64 Å². The van der Waals surface area contributed by atoms with Gasteiger partial charge in [0, 0.05) is 29.9 Å². The van der Waals surface area contributed by atoms with Gasteiger partial charge < -0.3 is 9.64 Å². The molecule has 0 radical (unpaired) electrons. The van der Waals surface area contributed by atoms with Crippen molar-refractivity contribution >= 4 is 16.6 Å². The lowest BCUT2D eigenvalue weighted by Crippen LogP contribution is -2.26. The lowest BCUT2D eigenvalue weighted by molar-refractivity contribution is 0.414. The molecule has 1 aliphatic rings. The van der Waals surface area contributed by atoms with Crippen molar-refractivity contribution in [1.29, 1.82) is 5.26 Å². The van der Waals surface area contributed by atoms with E-state index in [1.54, 1.807) is 7.11 Å². The first-order valence-electron chi connectivity index (χ1n) is 8.99. The standard InChI is InChI=1S/C21H22N4O/c1-15-4-3-11-25(15)20-10-7-17(12-22)21-19(20)14-24(23-21)13-16-5-8-18(26-2)9-6-16/h5-10,14-15H,3-4,11,13H2,1-2H3. The minimum absolute atomic E-state index is 0.524. The summed E-state index contributed by atoms with van der Waals surface area (Å²) in [6.45, 7) is 3.99. The van der Waals surface area contributed by atoms with Crippen LogP contribution in [0.3, 0.4) is 0 Å². The highest BCUT2D eigenvalue weighted by atomic mass is 16.5. The van der Waals surface area contributed by atoms with Crippen LogP contribution in [0.1, 0.15) is 30.9 Å². The minimum atomic E-state index is 0.524. The lowest BCUT2D eigenvalue weighted by Gasteiger charge is -2.24. The van der Waals surface area contributed by atoms with Gasteiger partial charge in [0.2, 0.25) is 0 Å². The fourth-order valence-electron chi connectivity index (χ4n) is 3.77. The van der Waals surface area contributed by atoms with E-state index in [4.69, 9.17) is 9.84 Å². The Balaban J connectivity index is 1.73. The number of hydrogen-bond donors (Lipinski definition) is 0. The molecule has 1 atom stereocenters. The second-order valence-electron chi connectivity index (χ2n) is 6.87. The zero-order valence-corrected chi connectivity index (χ0v) is 15.1. The van der Waals surface area contributed by atoms with E-state index in [1.165, 1.54) is 18.5 Å². The van der Waals surface area contributed by atoms with Gasteiger partial charge in [0.15, 0.2) is 0 Å². The fourth-order valence-corrected chi connectivity index (χ4v) is 3.77. The molecule has 2 aromatic carbocycles. The summed E-state index contributed by atoms with van der Waals surface area (Å²) in [4.78, 5) is 2.43. The number of methoxy groups -OCH3 is 1. The topological polar surface area (TPSA) is 54.1 Å². The van der Waals surface area contributed by atoms with Crippen molar-refractivity contribution in [1.82, 2.24) is 9.78 Å². The fraction of sp³-hybridized carbons (Fsp3) is 0.333. The molecule has 2 heterocycles. The molecule has 1 saturated heterocycles. The van der Waals surface area contributed by atoms with Gasteiger partial charge in [-0.25, -0.2) is 0 Å². The van der Waals surface area contributed by atoms with E-state index in [9.17, 15) is 5.26 Å². The van der Waals surface area contributed by atoms with E-state index in [2.05, 4.69) is 30.2 Å². The summed E-state index contributed by atoms with van der Waals surface area (Å²) in [5.41, 5.74) is 3.75. The number of nitrogens with zero attached hydrogens (tertiary/aromatic N) is 4. The quantitative estimate of drug-likeness (QED) is 0.718. The highest BCUT2D eigenvalue weighted by Gasteiger charge is 2.23. The molecule has 0 bridgehead atoms. The van der Waals surface area contributed by atoms with Crippen LogP contribution >= 0.6 is 0 Å². The number of ether oxygens (including phenoxy) is 1. The third-order valence-electron chi connectivity index (χ3n) is 5.19. The number of fused-ring (bicyclic) bond motifs is 1. The third kappa shape index (κ3) is 2.88. The summed E-state index contributed by atoms with van der Waals surface area (Å²) in [5.74, 6) is 0.844. The highest BCUT2D eigenvalue weighted by Crippen LogP contribution is 2.33. The second-order valence-corrected chi connectivity index (χ2v) is 6.87. The van der Waals surface area contributed by atoms with Crippen LogP contribution in [-0.2, 0) is 6.54 Å². The van der Waals surface area contributed by atoms with Crippen molar-refractivity contribution in [2.45, 2.75) is 32.4 Å². The van der Waals surface area contributed by atoms with Crippen LogP contribution in [0.25, 0.3) is 10.9 Å². The van der Waals surface area contributed by atoms with Crippen molar-refractivity contribution in [3.63, 3.8) is 0 Å². The number of nitriles is 1. The van der Waals surface area contributed by atoms with E-state index >= 15 is 0 Å². The first kappa shape index (κ1) is 16.5. The molecule has 1 aliphatic heterocycles. The van der Waals surface area contributed by atoms with Gasteiger partial charge in [-0.3, -0.25) is 4.68 Å². The van der Waals surface area contributed by atoms with Crippen molar-refractivity contribution in [2.24, 2.45) is 0 Å². The molecule has 1 fully saturated rings. The normalized spacial score (nSPS) is 16.8. The van der Waals surface area contributed by atoms with Crippen molar-refractivity contribution in [3.05, 3.63) is 53.7 Å². The van der Waals surface area contributed by atoms with E-state index < -0.39 is 0 Å². The Morgan fingerprint density at radius 2 is 2.04 bits per heavy atom. The van der Waals surface area contributed by atoms with Crippen LogP contribution in [-0.4, -0.2) is 29.5 Å². The molecule has 5 heteroatoms. The number of anilines is 1. The molecule has 3 aromatic rings. The maximum Gasteiger partial charge on any atom is 0.118 e.